The summed E-state index contributed by atoms with van der Waals surface area (Å²) < 4.78 is 0. The van der Waals surface area contributed by atoms with Crippen molar-refractivity contribution in [2.75, 3.05) is 0 Å². The van der Waals surface area contributed by atoms with Crippen molar-refractivity contribution in [3.63, 3.8) is 0 Å². The average molecular weight is 259 g/mol. The van der Waals surface area contributed by atoms with Crippen molar-refractivity contribution in [1.82, 2.24) is 4.98 Å². The Hall–Kier alpha value is -1.50. The van der Waals surface area contributed by atoms with Crippen molar-refractivity contribution in [1.29, 1.82) is 0 Å². The zero-order chi connectivity index (χ0) is 15.1. The van der Waals surface area contributed by atoms with Crippen LogP contribution in [0.4, 0.5) is 0 Å². The molecule has 1 nitrogen and oxygen atoms in total. The van der Waals surface area contributed by atoms with Crippen molar-refractivity contribution >= 4 is 10.9 Å². The Bertz CT molecular complexity index is 503. The van der Waals surface area contributed by atoms with Gasteiger partial charge in [0.1, 0.15) is 0 Å². The lowest BCUT2D eigenvalue weighted by Crippen LogP contribution is -2.17. The van der Waals surface area contributed by atoms with Crippen LogP contribution < -0.4 is 0 Å². The fourth-order valence-corrected chi connectivity index (χ4v) is 1.82. The second kappa shape index (κ2) is 7.83. The molecule has 0 radical (unpaired) electrons. The zero-order valence-corrected chi connectivity index (χ0v) is 13.6. The summed E-state index contributed by atoms with van der Waals surface area (Å²) in [4.78, 5) is 3.31. The first-order chi connectivity index (χ1) is 9.03. The van der Waals surface area contributed by atoms with E-state index in [1.807, 2.05) is 27.7 Å². The highest BCUT2D eigenvalue weighted by atomic mass is 14.7. The Labute approximate surface area is 118 Å². The van der Waals surface area contributed by atoms with Gasteiger partial charge in [0, 0.05) is 22.5 Å². The summed E-state index contributed by atoms with van der Waals surface area (Å²) in [5.41, 5.74) is 3.74. The molecule has 2 rings (SSSR count). The van der Waals surface area contributed by atoms with E-state index in [-0.39, 0.29) is 5.41 Å². The topological polar surface area (TPSA) is 15.8 Å². The van der Waals surface area contributed by atoms with E-state index in [1.54, 1.807) is 0 Å². The van der Waals surface area contributed by atoms with Crippen molar-refractivity contribution in [3.05, 3.63) is 48.2 Å². The molecule has 0 saturated carbocycles. The Morgan fingerprint density at radius 1 is 1.05 bits per heavy atom. The van der Waals surface area contributed by atoms with Crippen LogP contribution in [0.15, 0.2) is 42.6 Å². The second-order valence-electron chi connectivity index (χ2n) is 4.65. The summed E-state index contributed by atoms with van der Waals surface area (Å²) in [6.07, 6.45) is 2.10. The summed E-state index contributed by atoms with van der Waals surface area (Å²) in [5, 5.41) is 1.30. The van der Waals surface area contributed by atoms with E-state index in [0.717, 1.165) is 0 Å². The number of hydrogen-bond acceptors (Lipinski definition) is 0. The minimum Gasteiger partial charge on any atom is -0.361 e. The first-order valence-electron chi connectivity index (χ1n) is 7.26. The third-order valence-electron chi connectivity index (χ3n) is 3.33. The van der Waals surface area contributed by atoms with Crippen LogP contribution in [0.1, 0.15) is 54.0 Å². The predicted octanol–water partition coefficient (Wildman–Crippen LogP) is 6.07. The molecule has 1 aromatic carbocycles. The molecule has 2 aromatic rings. The Morgan fingerprint density at radius 2 is 1.58 bits per heavy atom. The second-order valence-corrected chi connectivity index (χ2v) is 4.65. The molecule has 1 heteroatoms. The number of H-pyrrole nitrogens is 1. The molecule has 106 valence electrons. The molecular weight excluding hydrogens is 230 g/mol. The maximum absolute atomic E-state index is 4.08. The van der Waals surface area contributed by atoms with Crippen molar-refractivity contribution in [3.8, 4) is 0 Å². The highest BCUT2D eigenvalue weighted by Crippen LogP contribution is 2.34. The fourth-order valence-electron chi connectivity index (χ4n) is 1.82. The average Bonchev–Trinajstić information content (AvgIpc) is 2.87. The minimum absolute atomic E-state index is 0.0274. The Balaban J connectivity index is 0.000000741. The molecule has 1 N–H and O–H groups in total. The third-order valence-corrected chi connectivity index (χ3v) is 3.33. The van der Waals surface area contributed by atoms with Crippen molar-refractivity contribution in [2.24, 2.45) is 0 Å². The van der Waals surface area contributed by atoms with Crippen LogP contribution in [0.25, 0.3) is 10.9 Å². The SMILES string of the molecule is C=C(C)C(C)(C)c1c[nH]c2ccccc12.CC.CC. The van der Waals surface area contributed by atoms with Crippen molar-refractivity contribution < 1.29 is 0 Å². The highest BCUT2D eigenvalue weighted by Gasteiger charge is 2.24. The van der Waals surface area contributed by atoms with E-state index in [0.29, 0.717) is 0 Å². The van der Waals surface area contributed by atoms with Crippen LogP contribution in [0, 0.1) is 0 Å². The van der Waals surface area contributed by atoms with Gasteiger partial charge in [0.2, 0.25) is 0 Å². The Morgan fingerprint density at radius 3 is 2.11 bits per heavy atom. The predicted molar refractivity (Wildman–Crippen MR) is 88.8 cm³/mol. The van der Waals surface area contributed by atoms with E-state index in [9.17, 15) is 0 Å². The van der Waals surface area contributed by atoms with Gasteiger partial charge in [-0.3, -0.25) is 0 Å². The summed E-state index contributed by atoms with van der Waals surface area (Å²) in [6.45, 7) is 18.6. The number of benzene rings is 1. The van der Waals surface area contributed by atoms with Gasteiger partial charge in [-0.05, 0) is 18.6 Å². The molecule has 0 aliphatic heterocycles. The van der Waals surface area contributed by atoms with Gasteiger partial charge in [0.05, 0.1) is 0 Å². The summed E-state index contributed by atoms with van der Waals surface area (Å²) in [5.74, 6) is 0. The van der Waals surface area contributed by atoms with Gasteiger partial charge in [0.15, 0.2) is 0 Å². The van der Waals surface area contributed by atoms with E-state index in [4.69, 9.17) is 0 Å². The minimum atomic E-state index is 0.0274. The fraction of sp³-hybridized carbons (Fsp3) is 0.444. The maximum Gasteiger partial charge on any atom is 0.0457 e. The molecule has 0 bridgehead atoms. The first-order valence-corrected chi connectivity index (χ1v) is 7.26. The van der Waals surface area contributed by atoms with Crippen molar-refractivity contribution in [2.45, 2.75) is 53.9 Å². The van der Waals surface area contributed by atoms with Gasteiger partial charge in [-0.2, -0.15) is 0 Å². The van der Waals surface area contributed by atoms with Crippen LogP contribution in [-0.4, -0.2) is 4.98 Å². The zero-order valence-electron chi connectivity index (χ0n) is 13.6. The molecule has 19 heavy (non-hydrogen) atoms. The van der Waals surface area contributed by atoms with Gasteiger partial charge in [0.25, 0.3) is 0 Å². The lowest BCUT2D eigenvalue weighted by Gasteiger charge is -2.24. The molecule has 0 spiro atoms. The van der Waals surface area contributed by atoms with Gasteiger partial charge in [-0.15, -0.1) is 0 Å². The summed E-state index contributed by atoms with van der Waals surface area (Å²) >= 11 is 0. The Kier molecular flexibility index (Phi) is 7.21. The van der Waals surface area contributed by atoms with Gasteiger partial charge in [-0.1, -0.05) is 71.9 Å². The number of aromatic nitrogens is 1. The third kappa shape index (κ3) is 3.73. The van der Waals surface area contributed by atoms with Crippen LogP contribution in [0.3, 0.4) is 0 Å². The molecule has 0 amide bonds. The molecule has 1 heterocycles. The first kappa shape index (κ1) is 17.5. The van der Waals surface area contributed by atoms with Gasteiger partial charge in [-0.25, -0.2) is 0 Å². The lowest BCUT2D eigenvalue weighted by atomic mass is 9.79. The molecule has 0 aliphatic carbocycles. The standard InChI is InChI=1S/C14H17N.2C2H6/c1-10(2)14(3,4)12-9-15-13-8-6-5-7-11(12)13;2*1-2/h5-9,15H,1H2,2-4H3;2*1-2H3. The van der Waals surface area contributed by atoms with Gasteiger partial charge >= 0.3 is 0 Å². The smallest absolute Gasteiger partial charge is 0.0457 e. The van der Waals surface area contributed by atoms with Crippen LogP contribution in [-0.2, 0) is 5.41 Å². The van der Waals surface area contributed by atoms with Gasteiger partial charge < -0.3 is 4.98 Å². The van der Waals surface area contributed by atoms with Crippen LogP contribution >= 0.6 is 0 Å². The molecule has 0 fully saturated rings. The molecule has 0 atom stereocenters. The monoisotopic (exact) mass is 259 g/mol. The number of fused-ring (bicyclic) bond motifs is 1. The van der Waals surface area contributed by atoms with E-state index in [2.05, 4.69) is 62.8 Å². The number of aromatic amines is 1. The van der Waals surface area contributed by atoms with E-state index >= 15 is 0 Å². The molecular formula is C18H29N. The quantitative estimate of drug-likeness (QED) is 0.630. The lowest BCUT2D eigenvalue weighted by molar-refractivity contribution is 0.632. The van der Waals surface area contributed by atoms with Crippen LogP contribution in [0.5, 0.6) is 0 Å². The molecule has 1 aromatic heterocycles. The normalized spacial score (nSPS) is 10.1. The number of para-hydroxylation sites is 1. The number of hydrogen-bond donors (Lipinski definition) is 1. The molecule has 0 aliphatic rings. The van der Waals surface area contributed by atoms with E-state index in [1.165, 1.54) is 22.0 Å². The largest absolute Gasteiger partial charge is 0.361 e. The number of allylic oxidation sites excluding steroid dienone is 1. The van der Waals surface area contributed by atoms with Crippen LogP contribution in [0.2, 0.25) is 0 Å². The maximum atomic E-state index is 4.08. The summed E-state index contributed by atoms with van der Waals surface area (Å²) in [7, 11) is 0. The number of rotatable bonds is 2. The summed E-state index contributed by atoms with van der Waals surface area (Å²) in [6, 6.07) is 8.39. The molecule has 0 unspecified atom stereocenters. The highest BCUT2D eigenvalue weighted by molar-refractivity contribution is 5.84. The number of nitrogens with one attached hydrogen (secondary N) is 1. The molecule has 0 saturated heterocycles. The van der Waals surface area contributed by atoms with E-state index < -0.39 is 0 Å².